The quantitative estimate of drug-likeness (QED) is 0.448. The molecule has 212 valence electrons. The molecule has 0 bridgehead atoms. The Kier molecular flexibility index (Phi) is 8.59. The SMILES string of the molecule is O=CC1=Cc2cc(Cl)ccc2C(N2CCC(C3CCN(C(=O)CC4CCNCC4)CC3)CC2)c2ncc(Cl)cc21. The van der Waals surface area contributed by atoms with Gasteiger partial charge in [0.05, 0.1) is 16.8 Å². The van der Waals surface area contributed by atoms with Crippen molar-refractivity contribution >= 4 is 47.0 Å². The van der Waals surface area contributed by atoms with Crippen LogP contribution in [0.4, 0.5) is 0 Å². The maximum Gasteiger partial charge on any atom is 0.222 e. The van der Waals surface area contributed by atoms with Crippen LogP contribution in [0.1, 0.15) is 73.4 Å². The number of amides is 1. The Morgan fingerprint density at radius 3 is 2.35 bits per heavy atom. The number of pyridine rings is 1. The number of aldehydes is 1. The predicted octanol–water partition coefficient (Wildman–Crippen LogP) is 5.87. The van der Waals surface area contributed by atoms with Crippen LogP contribution >= 0.6 is 23.2 Å². The smallest absolute Gasteiger partial charge is 0.222 e. The van der Waals surface area contributed by atoms with E-state index in [0.29, 0.717) is 39.3 Å². The molecule has 0 radical (unpaired) electrons. The van der Waals surface area contributed by atoms with Gasteiger partial charge in [-0.3, -0.25) is 19.5 Å². The van der Waals surface area contributed by atoms with Crippen molar-refractivity contribution in [3.63, 3.8) is 0 Å². The lowest BCUT2D eigenvalue weighted by Gasteiger charge is -2.43. The number of carbonyl (C=O) groups is 2. The van der Waals surface area contributed by atoms with Gasteiger partial charge >= 0.3 is 0 Å². The van der Waals surface area contributed by atoms with E-state index in [0.717, 1.165) is 113 Å². The number of aromatic nitrogens is 1. The molecule has 0 saturated carbocycles. The van der Waals surface area contributed by atoms with E-state index in [4.69, 9.17) is 28.2 Å². The molecule has 1 N–H and O–H groups in total. The Bertz CT molecular complexity index is 1280. The maximum absolute atomic E-state index is 12.9. The Hall–Kier alpha value is -2.25. The molecule has 4 heterocycles. The lowest BCUT2D eigenvalue weighted by Crippen LogP contribution is -2.44. The summed E-state index contributed by atoms with van der Waals surface area (Å²) >= 11 is 12.7. The molecule has 1 aliphatic carbocycles. The highest BCUT2D eigenvalue weighted by Gasteiger charge is 2.36. The van der Waals surface area contributed by atoms with E-state index in [1.807, 2.05) is 24.3 Å². The molecule has 6 rings (SSSR count). The van der Waals surface area contributed by atoms with Gasteiger partial charge in [0.25, 0.3) is 0 Å². The molecule has 8 heteroatoms. The van der Waals surface area contributed by atoms with Gasteiger partial charge in [-0.05, 0) is 118 Å². The van der Waals surface area contributed by atoms with Gasteiger partial charge in [-0.25, -0.2) is 0 Å². The van der Waals surface area contributed by atoms with Gasteiger partial charge in [0.1, 0.15) is 0 Å². The Morgan fingerprint density at radius 1 is 0.950 bits per heavy atom. The Labute approximate surface area is 247 Å². The summed E-state index contributed by atoms with van der Waals surface area (Å²) in [4.78, 5) is 34.5. The molecule has 3 saturated heterocycles. The van der Waals surface area contributed by atoms with E-state index < -0.39 is 0 Å². The molecule has 1 unspecified atom stereocenters. The van der Waals surface area contributed by atoms with Crippen molar-refractivity contribution in [2.24, 2.45) is 17.8 Å². The second kappa shape index (κ2) is 12.3. The highest BCUT2D eigenvalue weighted by atomic mass is 35.5. The van der Waals surface area contributed by atoms with E-state index in [1.54, 1.807) is 6.20 Å². The number of halogens is 2. The molecular weight excluding hydrogens is 543 g/mol. The van der Waals surface area contributed by atoms with Crippen molar-refractivity contribution in [2.75, 3.05) is 39.3 Å². The zero-order valence-electron chi connectivity index (χ0n) is 23.0. The minimum atomic E-state index is -0.0661. The third-order valence-electron chi connectivity index (χ3n) is 9.66. The molecule has 1 aromatic heterocycles. The van der Waals surface area contributed by atoms with E-state index in [-0.39, 0.29) is 6.04 Å². The summed E-state index contributed by atoms with van der Waals surface area (Å²) in [6, 6.07) is 7.74. The van der Waals surface area contributed by atoms with E-state index in [1.165, 1.54) is 0 Å². The molecule has 1 amide bonds. The summed E-state index contributed by atoms with van der Waals surface area (Å²) < 4.78 is 0. The van der Waals surface area contributed by atoms with Crippen LogP contribution in [-0.2, 0) is 9.59 Å². The number of nitrogens with zero attached hydrogens (tertiary/aromatic N) is 3. The zero-order chi connectivity index (χ0) is 27.6. The summed E-state index contributed by atoms with van der Waals surface area (Å²) in [6.07, 6.45) is 11.9. The maximum atomic E-state index is 12.9. The number of carbonyl (C=O) groups excluding carboxylic acids is 2. The fourth-order valence-corrected chi connectivity index (χ4v) is 7.75. The molecule has 3 aliphatic heterocycles. The number of nitrogens with one attached hydrogen (secondary N) is 1. The average molecular weight is 582 g/mol. The van der Waals surface area contributed by atoms with Crippen molar-refractivity contribution in [1.29, 1.82) is 0 Å². The molecule has 1 atom stereocenters. The standard InChI is InChI=1S/C32H38Cl2N4O2/c33-26-1-2-28-24(17-26)16-25(20-39)29-18-27(34)19-36-31(29)32(28)38-13-7-23(8-14-38)22-5-11-37(12-6-22)30(40)15-21-3-9-35-10-4-21/h1-2,16-23,32,35H,3-15H2. The van der Waals surface area contributed by atoms with Crippen molar-refractivity contribution in [3.8, 4) is 0 Å². The number of piperidine rings is 3. The van der Waals surface area contributed by atoms with Crippen molar-refractivity contribution in [3.05, 3.63) is 62.9 Å². The number of likely N-dealkylation sites (tertiary alicyclic amines) is 2. The van der Waals surface area contributed by atoms with Gasteiger partial charge in [0, 0.05) is 41.9 Å². The third-order valence-corrected chi connectivity index (χ3v) is 10.1. The minimum absolute atomic E-state index is 0.0661. The van der Waals surface area contributed by atoms with Crippen LogP contribution in [-0.4, -0.2) is 66.2 Å². The normalized spacial score (nSPS) is 23.2. The summed E-state index contributed by atoms with van der Waals surface area (Å²) in [5, 5.41) is 4.57. The zero-order valence-corrected chi connectivity index (χ0v) is 24.5. The molecule has 0 spiro atoms. The van der Waals surface area contributed by atoms with Crippen LogP contribution in [0.25, 0.3) is 11.6 Å². The summed E-state index contributed by atoms with van der Waals surface area (Å²) in [6.45, 7) is 5.83. The van der Waals surface area contributed by atoms with Gasteiger partial charge in [0.15, 0.2) is 6.29 Å². The first-order valence-corrected chi connectivity index (χ1v) is 15.6. The Balaban J connectivity index is 1.13. The third kappa shape index (κ3) is 5.87. The number of fused-ring (bicyclic) bond motifs is 2. The monoisotopic (exact) mass is 580 g/mol. The predicted molar refractivity (Wildman–Crippen MR) is 160 cm³/mol. The summed E-state index contributed by atoms with van der Waals surface area (Å²) in [5.41, 5.74) is 4.33. The molecule has 40 heavy (non-hydrogen) atoms. The number of hydrogen-bond donors (Lipinski definition) is 1. The average Bonchev–Trinajstić information content (AvgIpc) is 3.11. The second-order valence-corrected chi connectivity index (χ2v) is 12.8. The van der Waals surface area contributed by atoms with Crippen molar-refractivity contribution in [2.45, 2.75) is 51.0 Å². The van der Waals surface area contributed by atoms with E-state index in [2.05, 4.69) is 21.2 Å². The van der Waals surface area contributed by atoms with E-state index in [9.17, 15) is 9.59 Å². The van der Waals surface area contributed by atoms with Crippen molar-refractivity contribution < 1.29 is 9.59 Å². The molecule has 4 aliphatic rings. The first kappa shape index (κ1) is 27.9. The van der Waals surface area contributed by atoms with Gasteiger partial charge in [-0.15, -0.1) is 0 Å². The fraction of sp³-hybridized carbons (Fsp3) is 0.531. The second-order valence-electron chi connectivity index (χ2n) is 12.0. The van der Waals surface area contributed by atoms with Crippen LogP contribution in [0, 0.1) is 17.8 Å². The number of hydrogen-bond acceptors (Lipinski definition) is 5. The van der Waals surface area contributed by atoms with Crippen LogP contribution in [0.3, 0.4) is 0 Å². The van der Waals surface area contributed by atoms with Crippen LogP contribution in [0.2, 0.25) is 10.0 Å². The minimum Gasteiger partial charge on any atom is -0.343 e. The van der Waals surface area contributed by atoms with Gasteiger partial charge in [-0.2, -0.15) is 0 Å². The molecular formula is C32H38Cl2N4O2. The lowest BCUT2D eigenvalue weighted by atomic mass is 9.78. The summed E-state index contributed by atoms with van der Waals surface area (Å²) in [5.74, 6) is 2.27. The highest BCUT2D eigenvalue weighted by Crippen LogP contribution is 2.42. The Morgan fingerprint density at radius 2 is 1.65 bits per heavy atom. The first-order chi connectivity index (χ1) is 19.5. The largest absolute Gasteiger partial charge is 0.343 e. The fourth-order valence-electron chi connectivity index (χ4n) is 7.41. The highest BCUT2D eigenvalue weighted by molar-refractivity contribution is 6.31. The number of benzene rings is 1. The van der Waals surface area contributed by atoms with Gasteiger partial charge < -0.3 is 10.2 Å². The molecule has 3 fully saturated rings. The summed E-state index contributed by atoms with van der Waals surface area (Å²) in [7, 11) is 0. The number of allylic oxidation sites excluding steroid dienone is 1. The number of rotatable bonds is 5. The van der Waals surface area contributed by atoms with Crippen LogP contribution < -0.4 is 5.32 Å². The van der Waals surface area contributed by atoms with Crippen molar-refractivity contribution in [1.82, 2.24) is 20.1 Å². The van der Waals surface area contributed by atoms with E-state index >= 15 is 0 Å². The van der Waals surface area contributed by atoms with Gasteiger partial charge in [-0.1, -0.05) is 29.3 Å². The first-order valence-electron chi connectivity index (χ1n) is 14.8. The van der Waals surface area contributed by atoms with Gasteiger partial charge in [0.2, 0.25) is 5.91 Å². The molecule has 2 aromatic rings. The van der Waals surface area contributed by atoms with Crippen LogP contribution in [0.5, 0.6) is 0 Å². The topological polar surface area (TPSA) is 65.5 Å². The molecule has 1 aromatic carbocycles. The lowest BCUT2D eigenvalue weighted by molar-refractivity contribution is -0.134. The van der Waals surface area contributed by atoms with Crippen LogP contribution in [0.15, 0.2) is 30.5 Å². The molecule has 6 nitrogen and oxygen atoms in total.